The number of nitrogens with zero attached hydrogens (tertiary/aromatic N) is 2. The topological polar surface area (TPSA) is 64.0 Å². The Labute approximate surface area is 129 Å². The molecule has 1 heterocycles. The summed E-state index contributed by atoms with van der Waals surface area (Å²) in [5.74, 6) is 0.294. The van der Waals surface area contributed by atoms with E-state index in [-0.39, 0.29) is 17.5 Å². The summed E-state index contributed by atoms with van der Waals surface area (Å²) in [4.78, 5) is 24.8. The average Bonchev–Trinajstić information content (AvgIpc) is 2.53. The summed E-state index contributed by atoms with van der Waals surface area (Å²) in [6, 6.07) is 7.33. The van der Waals surface area contributed by atoms with E-state index in [4.69, 9.17) is 0 Å². The van der Waals surface area contributed by atoms with E-state index in [1.165, 1.54) is 11.1 Å². The SMILES string of the molecule is C[C@@H]1CCCC[C@H]1NC(=O)c1nn(C)c(=O)c2ccccc12. The molecule has 0 aliphatic heterocycles. The molecule has 1 saturated carbocycles. The third-order valence-corrected chi connectivity index (χ3v) is 4.60. The number of carbonyl (C=O) groups is 1. The van der Waals surface area contributed by atoms with E-state index in [0.717, 1.165) is 19.3 Å². The van der Waals surface area contributed by atoms with Crippen LogP contribution in [0.3, 0.4) is 0 Å². The van der Waals surface area contributed by atoms with Crippen molar-refractivity contribution in [3.8, 4) is 0 Å². The fourth-order valence-electron chi connectivity index (χ4n) is 3.23. The minimum absolute atomic E-state index is 0.182. The Morgan fingerprint density at radius 2 is 1.91 bits per heavy atom. The maximum atomic E-state index is 12.6. The van der Waals surface area contributed by atoms with Gasteiger partial charge in [-0.25, -0.2) is 4.68 Å². The molecule has 5 heteroatoms. The first kappa shape index (κ1) is 14.8. The maximum absolute atomic E-state index is 12.6. The zero-order chi connectivity index (χ0) is 15.7. The first-order valence-corrected chi connectivity index (χ1v) is 7.85. The second kappa shape index (κ2) is 5.91. The summed E-state index contributed by atoms with van der Waals surface area (Å²) >= 11 is 0. The molecule has 0 spiro atoms. The zero-order valence-electron chi connectivity index (χ0n) is 13.0. The lowest BCUT2D eigenvalue weighted by Crippen LogP contribution is -2.42. The number of hydrogen-bond acceptors (Lipinski definition) is 3. The summed E-state index contributed by atoms with van der Waals surface area (Å²) in [5, 5.41) is 8.44. The van der Waals surface area contributed by atoms with Crippen molar-refractivity contribution in [2.45, 2.75) is 38.6 Å². The van der Waals surface area contributed by atoms with Gasteiger partial charge in [0.1, 0.15) is 0 Å². The van der Waals surface area contributed by atoms with Crippen molar-refractivity contribution >= 4 is 16.7 Å². The van der Waals surface area contributed by atoms with Crippen LogP contribution in [0.15, 0.2) is 29.1 Å². The van der Waals surface area contributed by atoms with Crippen molar-refractivity contribution in [2.24, 2.45) is 13.0 Å². The Morgan fingerprint density at radius 3 is 2.64 bits per heavy atom. The van der Waals surface area contributed by atoms with Gasteiger partial charge in [-0.1, -0.05) is 38.0 Å². The largest absolute Gasteiger partial charge is 0.348 e. The Bertz CT molecular complexity index is 766. The molecular weight excluding hydrogens is 278 g/mol. The van der Waals surface area contributed by atoms with Gasteiger partial charge in [0, 0.05) is 18.5 Å². The fourth-order valence-corrected chi connectivity index (χ4v) is 3.23. The van der Waals surface area contributed by atoms with Gasteiger partial charge < -0.3 is 5.32 Å². The smallest absolute Gasteiger partial charge is 0.274 e. The van der Waals surface area contributed by atoms with Gasteiger partial charge in [-0.2, -0.15) is 5.10 Å². The molecule has 116 valence electrons. The van der Waals surface area contributed by atoms with Crippen LogP contribution in [0.4, 0.5) is 0 Å². The summed E-state index contributed by atoms with van der Waals surface area (Å²) in [6.45, 7) is 2.18. The average molecular weight is 299 g/mol. The van der Waals surface area contributed by atoms with Crippen LogP contribution in [-0.4, -0.2) is 21.7 Å². The number of rotatable bonds is 2. The quantitative estimate of drug-likeness (QED) is 0.925. The number of fused-ring (bicyclic) bond motifs is 1. The molecule has 1 aliphatic rings. The van der Waals surface area contributed by atoms with E-state index in [0.29, 0.717) is 22.4 Å². The summed E-state index contributed by atoms with van der Waals surface area (Å²) in [7, 11) is 1.58. The van der Waals surface area contributed by atoms with E-state index in [2.05, 4.69) is 17.3 Å². The lowest BCUT2D eigenvalue weighted by molar-refractivity contribution is 0.0905. The van der Waals surface area contributed by atoms with E-state index in [9.17, 15) is 9.59 Å². The molecule has 0 saturated heterocycles. The number of carbonyl (C=O) groups excluding carboxylic acids is 1. The highest BCUT2D eigenvalue weighted by Gasteiger charge is 2.25. The van der Waals surface area contributed by atoms with Gasteiger partial charge in [0.25, 0.3) is 11.5 Å². The van der Waals surface area contributed by atoms with Gasteiger partial charge in [0.05, 0.1) is 5.39 Å². The van der Waals surface area contributed by atoms with E-state index >= 15 is 0 Å². The summed E-state index contributed by atoms with van der Waals surface area (Å²) in [6.07, 6.45) is 4.54. The van der Waals surface area contributed by atoms with Crippen LogP contribution in [-0.2, 0) is 7.05 Å². The van der Waals surface area contributed by atoms with Crippen LogP contribution >= 0.6 is 0 Å². The van der Waals surface area contributed by atoms with Gasteiger partial charge in [-0.15, -0.1) is 0 Å². The van der Waals surface area contributed by atoms with Crippen molar-refractivity contribution in [2.75, 3.05) is 0 Å². The number of amides is 1. The molecular formula is C17H21N3O2. The Balaban J connectivity index is 1.97. The lowest BCUT2D eigenvalue weighted by atomic mass is 9.86. The van der Waals surface area contributed by atoms with Crippen molar-refractivity contribution in [1.82, 2.24) is 15.1 Å². The molecule has 1 aromatic heterocycles. The van der Waals surface area contributed by atoms with Crippen LogP contribution < -0.4 is 10.9 Å². The minimum atomic E-state index is -0.189. The van der Waals surface area contributed by atoms with Gasteiger partial charge >= 0.3 is 0 Å². The number of hydrogen-bond donors (Lipinski definition) is 1. The highest BCUT2D eigenvalue weighted by Crippen LogP contribution is 2.24. The van der Waals surface area contributed by atoms with Crippen molar-refractivity contribution in [1.29, 1.82) is 0 Å². The molecule has 1 aliphatic carbocycles. The number of aryl methyl sites for hydroxylation is 1. The molecule has 1 N–H and O–H groups in total. The van der Waals surface area contributed by atoms with Gasteiger partial charge in [-0.05, 0) is 24.8 Å². The third-order valence-electron chi connectivity index (χ3n) is 4.60. The standard InChI is InChI=1S/C17H21N3O2/c1-11-7-3-6-10-14(11)18-16(21)15-12-8-4-5-9-13(12)17(22)20(2)19-15/h4-5,8-9,11,14H,3,6-7,10H2,1-2H3,(H,18,21)/t11-,14-/m1/s1. The number of benzene rings is 1. The predicted octanol–water partition coefficient (Wildman–Crippen LogP) is 2.24. The molecule has 1 fully saturated rings. The third kappa shape index (κ3) is 2.63. The normalized spacial score (nSPS) is 21.7. The number of aromatic nitrogens is 2. The Morgan fingerprint density at radius 1 is 1.23 bits per heavy atom. The molecule has 1 amide bonds. The van der Waals surface area contributed by atoms with Crippen LogP contribution in [0.5, 0.6) is 0 Å². The lowest BCUT2D eigenvalue weighted by Gasteiger charge is -2.29. The first-order valence-electron chi connectivity index (χ1n) is 7.85. The van der Waals surface area contributed by atoms with E-state index in [1.54, 1.807) is 25.2 Å². The maximum Gasteiger partial charge on any atom is 0.274 e. The monoisotopic (exact) mass is 299 g/mol. The molecule has 5 nitrogen and oxygen atoms in total. The fraction of sp³-hybridized carbons (Fsp3) is 0.471. The second-order valence-corrected chi connectivity index (χ2v) is 6.16. The van der Waals surface area contributed by atoms with Gasteiger partial charge in [0.15, 0.2) is 5.69 Å². The van der Waals surface area contributed by atoms with Crippen molar-refractivity contribution < 1.29 is 4.79 Å². The van der Waals surface area contributed by atoms with Crippen LogP contribution in [0, 0.1) is 5.92 Å². The summed E-state index contributed by atoms with van der Waals surface area (Å²) < 4.78 is 1.24. The molecule has 22 heavy (non-hydrogen) atoms. The van der Waals surface area contributed by atoms with E-state index < -0.39 is 0 Å². The molecule has 0 bridgehead atoms. The van der Waals surface area contributed by atoms with Gasteiger partial charge in [0.2, 0.25) is 0 Å². The van der Waals surface area contributed by atoms with E-state index in [1.807, 2.05) is 6.07 Å². The highest BCUT2D eigenvalue weighted by atomic mass is 16.2. The highest BCUT2D eigenvalue weighted by molar-refractivity contribution is 6.04. The van der Waals surface area contributed by atoms with Crippen molar-refractivity contribution in [3.05, 3.63) is 40.3 Å². The van der Waals surface area contributed by atoms with Crippen molar-refractivity contribution in [3.63, 3.8) is 0 Å². The molecule has 2 atom stereocenters. The second-order valence-electron chi connectivity index (χ2n) is 6.16. The molecule has 2 aromatic rings. The zero-order valence-corrected chi connectivity index (χ0v) is 13.0. The summed E-state index contributed by atoms with van der Waals surface area (Å²) in [5.41, 5.74) is 0.147. The molecule has 0 radical (unpaired) electrons. The molecule has 3 rings (SSSR count). The predicted molar refractivity (Wildman–Crippen MR) is 85.9 cm³/mol. The van der Waals surface area contributed by atoms with Gasteiger partial charge in [-0.3, -0.25) is 9.59 Å². The van der Waals surface area contributed by atoms with Crippen LogP contribution in [0.25, 0.3) is 10.8 Å². The number of nitrogens with one attached hydrogen (secondary N) is 1. The van der Waals surface area contributed by atoms with Crippen LogP contribution in [0.2, 0.25) is 0 Å². The molecule has 1 aromatic carbocycles. The Hall–Kier alpha value is -2.17. The Kier molecular flexibility index (Phi) is 3.96. The first-order chi connectivity index (χ1) is 10.6. The molecule has 0 unspecified atom stereocenters. The minimum Gasteiger partial charge on any atom is -0.348 e. The van der Waals surface area contributed by atoms with Crippen LogP contribution in [0.1, 0.15) is 43.1 Å².